The van der Waals surface area contributed by atoms with Gasteiger partial charge in [0.05, 0.1) is 6.61 Å². The van der Waals surface area contributed by atoms with Crippen molar-refractivity contribution in [1.29, 1.82) is 0 Å². The lowest BCUT2D eigenvalue weighted by atomic mass is 10.3. The fourth-order valence-electron chi connectivity index (χ4n) is 0.366. The Hall–Kier alpha value is -0.490. The Morgan fingerprint density at radius 3 is 2.25 bits per heavy atom. The van der Waals surface area contributed by atoms with Gasteiger partial charge in [-0.3, -0.25) is 4.79 Å². The first-order chi connectivity index (χ1) is 4.89. The highest BCUT2D eigenvalue weighted by molar-refractivity contribution is 5.85. The number of carbonyl (C=O) groups is 1. The lowest BCUT2D eigenvalue weighted by Crippen LogP contribution is -2.45. The quantitative estimate of drug-likeness (QED) is 0.684. The third-order valence-electron chi connectivity index (χ3n) is 0.893. The van der Waals surface area contributed by atoms with Crippen LogP contribution in [0.4, 0.5) is 13.2 Å². The van der Waals surface area contributed by atoms with Crippen molar-refractivity contribution in [2.75, 3.05) is 6.61 Å². The largest absolute Gasteiger partial charge is 0.465 e. The van der Waals surface area contributed by atoms with Crippen LogP contribution in [0.25, 0.3) is 0 Å². The molecule has 0 rings (SSSR count). The maximum atomic E-state index is 11.6. The van der Waals surface area contributed by atoms with Crippen LogP contribution in [0.1, 0.15) is 6.92 Å². The molecule has 74 valence electrons. The summed E-state index contributed by atoms with van der Waals surface area (Å²) in [5, 5.41) is 0. The van der Waals surface area contributed by atoms with Gasteiger partial charge in [-0.1, -0.05) is 0 Å². The fraction of sp³-hybridized carbons (Fsp3) is 0.800. The minimum atomic E-state index is -4.72. The van der Waals surface area contributed by atoms with E-state index in [0.717, 1.165) is 0 Å². The summed E-state index contributed by atoms with van der Waals surface area (Å²) in [7, 11) is 0. The first kappa shape index (κ1) is 14.1. The molecule has 0 saturated heterocycles. The van der Waals surface area contributed by atoms with Gasteiger partial charge in [0.2, 0.25) is 0 Å². The van der Waals surface area contributed by atoms with Gasteiger partial charge < -0.3 is 10.5 Å². The van der Waals surface area contributed by atoms with Crippen LogP contribution >= 0.6 is 12.4 Å². The maximum absolute atomic E-state index is 11.6. The predicted octanol–water partition coefficient (Wildman–Crippen LogP) is 0.861. The van der Waals surface area contributed by atoms with Crippen LogP contribution in [0.15, 0.2) is 0 Å². The van der Waals surface area contributed by atoms with Crippen LogP contribution in [0.2, 0.25) is 0 Å². The van der Waals surface area contributed by atoms with Crippen molar-refractivity contribution in [3.63, 3.8) is 0 Å². The molecule has 7 heteroatoms. The molecular formula is C5H9ClF3NO2. The number of ether oxygens (including phenoxy) is 1. The van der Waals surface area contributed by atoms with Crippen molar-refractivity contribution in [3.8, 4) is 0 Å². The van der Waals surface area contributed by atoms with Crippen LogP contribution < -0.4 is 5.73 Å². The van der Waals surface area contributed by atoms with Crippen LogP contribution in [-0.4, -0.2) is 24.8 Å². The van der Waals surface area contributed by atoms with Gasteiger partial charge in [0.15, 0.2) is 6.04 Å². The Morgan fingerprint density at radius 2 is 2.00 bits per heavy atom. The number of halogens is 4. The number of rotatable bonds is 2. The highest BCUT2D eigenvalue weighted by Crippen LogP contribution is 2.18. The molecular weight excluding hydrogens is 199 g/mol. The van der Waals surface area contributed by atoms with E-state index < -0.39 is 18.2 Å². The fourth-order valence-corrected chi connectivity index (χ4v) is 0.366. The number of hydrogen-bond acceptors (Lipinski definition) is 3. The summed E-state index contributed by atoms with van der Waals surface area (Å²) >= 11 is 0. The van der Waals surface area contributed by atoms with Crippen molar-refractivity contribution in [1.82, 2.24) is 0 Å². The van der Waals surface area contributed by atoms with Gasteiger partial charge in [-0.2, -0.15) is 13.2 Å². The van der Waals surface area contributed by atoms with E-state index in [1.165, 1.54) is 6.92 Å². The van der Waals surface area contributed by atoms with Crippen molar-refractivity contribution >= 4 is 18.4 Å². The van der Waals surface area contributed by atoms with Crippen molar-refractivity contribution < 1.29 is 22.7 Å². The normalized spacial score (nSPS) is 13.1. The minimum Gasteiger partial charge on any atom is -0.465 e. The lowest BCUT2D eigenvalue weighted by molar-refractivity contribution is -0.178. The van der Waals surface area contributed by atoms with Gasteiger partial charge in [0.25, 0.3) is 0 Å². The molecule has 0 aromatic rings. The third-order valence-corrected chi connectivity index (χ3v) is 0.893. The van der Waals surface area contributed by atoms with Gasteiger partial charge in [0.1, 0.15) is 0 Å². The summed E-state index contributed by atoms with van der Waals surface area (Å²) in [5.74, 6) is -1.44. The summed E-state index contributed by atoms with van der Waals surface area (Å²) in [6.07, 6.45) is -4.72. The SMILES string of the molecule is CCOC(=O)C(N)C(F)(F)F.Cl. The molecule has 1 unspecified atom stereocenters. The average Bonchev–Trinajstić information content (AvgIpc) is 1.85. The summed E-state index contributed by atoms with van der Waals surface area (Å²) in [6, 6.07) is -2.53. The molecule has 0 saturated carbocycles. The summed E-state index contributed by atoms with van der Waals surface area (Å²) in [4.78, 5) is 10.3. The zero-order valence-corrected chi connectivity index (χ0v) is 7.04. The molecule has 0 amide bonds. The van der Waals surface area contributed by atoms with E-state index in [4.69, 9.17) is 0 Å². The zero-order chi connectivity index (χ0) is 9.07. The van der Waals surface area contributed by atoms with E-state index in [1.54, 1.807) is 0 Å². The molecule has 0 aliphatic rings. The molecule has 0 bridgehead atoms. The lowest BCUT2D eigenvalue weighted by Gasteiger charge is -2.13. The van der Waals surface area contributed by atoms with Crippen molar-refractivity contribution in [2.24, 2.45) is 5.73 Å². The standard InChI is InChI=1S/C5H8F3NO2.ClH/c1-2-11-4(10)3(9)5(6,7)8;/h3H,2,9H2,1H3;1H. The molecule has 1 atom stereocenters. The van der Waals surface area contributed by atoms with E-state index in [-0.39, 0.29) is 19.0 Å². The summed E-state index contributed by atoms with van der Waals surface area (Å²) < 4.78 is 38.8. The van der Waals surface area contributed by atoms with Crippen molar-refractivity contribution in [2.45, 2.75) is 19.1 Å². The maximum Gasteiger partial charge on any atom is 0.414 e. The Kier molecular flexibility index (Phi) is 6.10. The Bertz CT molecular complexity index is 150. The molecule has 2 N–H and O–H groups in total. The van der Waals surface area contributed by atoms with E-state index >= 15 is 0 Å². The second-order valence-electron chi connectivity index (χ2n) is 1.77. The topological polar surface area (TPSA) is 52.3 Å². The van der Waals surface area contributed by atoms with Gasteiger partial charge in [-0.15, -0.1) is 12.4 Å². The Labute approximate surface area is 73.5 Å². The highest BCUT2D eigenvalue weighted by Gasteiger charge is 2.42. The van der Waals surface area contributed by atoms with Crippen LogP contribution in [0.3, 0.4) is 0 Å². The summed E-state index contributed by atoms with van der Waals surface area (Å²) in [6.45, 7) is 1.30. The molecule has 0 radical (unpaired) electrons. The second-order valence-corrected chi connectivity index (χ2v) is 1.77. The number of esters is 1. The van der Waals surface area contributed by atoms with Crippen LogP contribution in [-0.2, 0) is 9.53 Å². The second kappa shape index (κ2) is 5.21. The Morgan fingerprint density at radius 1 is 1.58 bits per heavy atom. The highest BCUT2D eigenvalue weighted by atomic mass is 35.5. The molecule has 0 spiro atoms. The van der Waals surface area contributed by atoms with E-state index in [0.29, 0.717) is 0 Å². The molecule has 0 aromatic heterocycles. The molecule has 0 aromatic carbocycles. The van der Waals surface area contributed by atoms with Crippen LogP contribution in [0.5, 0.6) is 0 Å². The molecule has 0 aliphatic heterocycles. The first-order valence-electron chi connectivity index (χ1n) is 2.88. The van der Waals surface area contributed by atoms with Crippen LogP contribution in [0, 0.1) is 0 Å². The van der Waals surface area contributed by atoms with Gasteiger partial charge >= 0.3 is 12.1 Å². The molecule has 12 heavy (non-hydrogen) atoms. The first-order valence-corrected chi connectivity index (χ1v) is 2.88. The molecule has 0 fully saturated rings. The molecule has 0 heterocycles. The van der Waals surface area contributed by atoms with E-state index in [9.17, 15) is 18.0 Å². The van der Waals surface area contributed by atoms with Gasteiger partial charge in [-0.25, -0.2) is 0 Å². The summed E-state index contributed by atoms with van der Waals surface area (Å²) in [5.41, 5.74) is 4.48. The minimum absolute atomic E-state index is 0. The average molecular weight is 208 g/mol. The monoisotopic (exact) mass is 207 g/mol. The Balaban J connectivity index is 0. The molecule has 3 nitrogen and oxygen atoms in total. The number of hydrogen-bond donors (Lipinski definition) is 1. The third kappa shape index (κ3) is 4.40. The zero-order valence-electron chi connectivity index (χ0n) is 6.22. The van der Waals surface area contributed by atoms with Gasteiger partial charge in [-0.05, 0) is 6.92 Å². The molecule has 0 aliphatic carbocycles. The van der Waals surface area contributed by atoms with E-state index in [2.05, 4.69) is 10.5 Å². The van der Waals surface area contributed by atoms with Gasteiger partial charge in [0, 0.05) is 0 Å². The number of alkyl halides is 3. The van der Waals surface area contributed by atoms with E-state index in [1.807, 2.05) is 0 Å². The number of carbonyl (C=O) groups excluding carboxylic acids is 1. The smallest absolute Gasteiger partial charge is 0.414 e. The predicted molar refractivity (Wildman–Crippen MR) is 37.9 cm³/mol. The van der Waals surface area contributed by atoms with Crippen molar-refractivity contribution in [3.05, 3.63) is 0 Å². The number of nitrogens with two attached hydrogens (primary N) is 1.